The number of hydrogen-bond acceptors (Lipinski definition) is 6. The third-order valence-corrected chi connectivity index (χ3v) is 4.00. The van der Waals surface area contributed by atoms with Crippen LogP contribution in [0, 0.1) is 19.3 Å². The third kappa shape index (κ3) is 5.15. The molecule has 1 aromatic heterocycles. The van der Waals surface area contributed by atoms with Gasteiger partial charge in [0.1, 0.15) is 11.4 Å². The summed E-state index contributed by atoms with van der Waals surface area (Å²) in [5.41, 5.74) is 3.79. The molecule has 0 saturated carbocycles. The SMILES string of the molecule is Cc1ccc(CNc2nc(C=N)c(NCCCCO)c(=O)[nH]2)cc1C. The van der Waals surface area contributed by atoms with Gasteiger partial charge in [0.15, 0.2) is 0 Å². The van der Waals surface area contributed by atoms with Gasteiger partial charge in [0.25, 0.3) is 5.56 Å². The van der Waals surface area contributed by atoms with Crippen molar-refractivity contribution in [2.75, 3.05) is 23.8 Å². The second-order valence-electron chi connectivity index (χ2n) is 5.95. The monoisotopic (exact) mass is 343 g/mol. The number of hydrogen-bond donors (Lipinski definition) is 5. The summed E-state index contributed by atoms with van der Waals surface area (Å²) in [7, 11) is 0. The van der Waals surface area contributed by atoms with E-state index >= 15 is 0 Å². The highest BCUT2D eigenvalue weighted by molar-refractivity contribution is 5.83. The zero-order chi connectivity index (χ0) is 18.2. The number of rotatable bonds is 9. The molecule has 5 N–H and O–H groups in total. The lowest BCUT2D eigenvalue weighted by atomic mass is 10.1. The summed E-state index contributed by atoms with van der Waals surface area (Å²) in [6.45, 7) is 5.32. The Morgan fingerprint density at radius 2 is 2.04 bits per heavy atom. The smallest absolute Gasteiger partial charge is 0.276 e. The number of nitrogens with one attached hydrogen (secondary N) is 4. The molecule has 0 aliphatic carbocycles. The highest BCUT2D eigenvalue weighted by Crippen LogP contribution is 2.12. The Morgan fingerprint density at radius 3 is 2.72 bits per heavy atom. The van der Waals surface area contributed by atoms with Crippen LogP contribution < -0.4 is 16.2 Å². The number of aryl methyl sites for hydroxylation is 2. The van der Waals surface area contributed by atoms with Crippen molar-refractivity contribution in [3.63, 3.8) is 0 Å². The van der Waals surface area contributed by atoms with Crippen LogP contribution in [0.5, 0.6) is 0 Å². The third-order valence-electron chi connectivity index (χ3n) is 4.00. The van der Waals surface area contributed by atoms with Crippen LogP contribution in [0.2, 0.25) is 0 Å². The maximum atomic E-state index is 12.2. The van der Waals surface area contributed by atoms with Gasteiger partial charge in [-0.05, 0) is 43.4 Å². The van der Waals surface area contributed by atoms with E-state index in [9.17, 15) is 4.79 Å². The number of nitrogens with zero attached hydrogens (tertiary/aromatic N) is 1. The van der Waals surface area contributed by atoms with Crippen molar-refractivity contribution in [3.05, 3.63) is 50.9 Å². The second-order valence-corrected chi connectivity index (χ2v) is 5.95. The lowest BCUT2D eigenvalue weighted by Crippen LogP contribution is -2.21. The molecular weight excluding hydrogens is 318 g/mol. The van der Waals surface area contributed by atoms with Crippen molar-refractivity contribution in [3.8, 4) is 0 Å². The van der Waals surface area contributed by atoms with E-state index in [2.05, 4.69) is 46.6 Å². The number of aliphatic hydroxyl groups excluding tert-OH is 1. The van der Waals surface area contributed by atoms with Gasteiger partial charge in [-0.2, -0.15) is 0 Å². The standard InChI is InChI=1S/C18H25N5O2/c1-12-5-6-14(9-13(12)2)11-21-18-22-15(10-19)16(17(25)23-18)20-7-3-4-8-24/h5-6,9-10,19-20,24H,3-4,7-8,11H2,1-2H3,(H2,21,22,23,25). The van der Waals surface area contributed by atoms with E-state index < -0.39 is 0 Å². The van der Waals surface area contributed by atoms with Crippen LogP contribution in [0.1, 0.15) is 35.2 Å². The zero-order valence-electron chi connectivity index (χ0n) is 14.6. The van der Waals surface area contributed by atoms with Crippen molar-refractivity contribution >= 4 is 17.9 Å². The topological polar surface area (TPSA) is 114 Å². The molecule has 2 rings (SSSR count). The first kappa shape index (κ1) is 18.7. The van der Waals surface area contributed by atoms with Gasteiger partial charge in [-0.3, -0.25) is 9.78 Å². The van der Waals surface area contributed by atoms with Crippen LogP contribution in [0.3, 0.4) is 0 Å². The molecule has 0 fully saturated rings. The quantitative estimate of drug-likeness (QED) is 0.354. The summed E-state index contributed by atoms with van der Waals surface area (Å²) < 4.78 is 0. The van der Waals surface area contributed by atoms with Gasteiger partial charge in [0.2, 0.25) is 5.95 Å². The summed E-state index contributed by atoms with van der Waals surface area (Å²) in [5, 5.41) is 22.4. The highest BCUT2D eigenvalue weighted by Gasteiger charge is 2.09. The molecule has 2 aromatic rings. The Hall–Kier alpha value is -2.67. The minimum Gasteiger partial charge on any atom is -0.396 e. The molecule has 0 atom stereocenters. The summed E-state index contributed by atoms with van der Waals surface area (Å²) in [6.07, 6.45) is 2.46. The number of benzene rings is 1. The fraction of sp³-hybridized carbons (Fsp3) is 0.389. The van der Waals surface area contributed by atoms with E-state index in [1.807, 2.05) is 6.07 Å². The van der Waals surface area contributed by atoms with Crippen LogP contribution in [-0.4, -0.2) is 34.4 Å². The predicted octanol–water partition coefficient (Wildman–Crippen LogP) is 2.18. The summed E-state index contributed by atoms with van der Waals surface area (Å²) in [4.78, 5) is 19.2. The highest BCUT2D eigenvalue weighted by atomic mass is 16.2. The molecular formula is C18H25N5O2. The number of aliphatic hydroxyl groups is 1. The summed E-state index contributed by atoms with van der Waals surface area (Å²) in [5.74, 6) is 0.336. The second kappa shape index (κ2) is 8.98. The van der Waals surface area contributed by atoms with E-state index in [0.29, 0.717) is 25.5 Å². The van der Waals surface area contributed by atoms with Gasteiger partial charge in [-0.1, -0.05) is 18.2 Å². The average Bonchev–Trinajstić information content (AvgIpc) is 2.60. The Labute approximate surface area is 147 Å². The van der Waals surface area contributed by atoms with Crippen LogP contribution in [0.15, 0.2) is 23.0 Å². The normalized spacial score (nSPS) is 10.5. The molecule has 0 amide bonds. The van der Waals surface area contributed by atoms with Crippen LogP contribution in [0.4, 0.5) is 11.6 Å². The Kier molecular flexibility index (Phi) is 6.71. The number of aromatic amines is 1. The van der Waals surface area contributed by atoms with E-state index in [-0.39, 0.29) is 23.5 Å². The van der Waals surface area contributed by atoms with Gasteiger partial charge < -0.3 is 21.1 Å². The first-order valence-corrected chi connectivity index (χ1v) is 8.34. The lowest BCUT2D eigenvalue weighted by molar-refractivity contribution is 0.286. The molecule has 0 saturated heterocycles. The molecule has 7 heteroatoms. The maximum Gasteiger partial charge on any atom is 0.276 e. The van der Waals surface area contributed by atoms with Crippen molar-refractivity contribution in [1.29, 1.82) is 5.41 Å². The zero-order valence-corrected chi connectivity index (χ0v) is 14.6. The van der Waals surface area contributed by atoms with E-state index in [0.717, 1.165) is 18.2 Å². The molecule has 0 unspecified atom stereocenters. The molecule has 1 aromatic carbocycles. The van der Waals surface area contributed by atoms with E-state index in [1.54, 1.807) is 0 Å². The van der Waals surface area contributed by atoms with Crippen LogP contribution in [-0.2, 0) is 6.54 Å². The Bertz CT molecular complexity index is 786. The molecule has 0 aliphatic heterocycles. The Morgan fingerprint density at radius 1 is 1.24 bits per heavy atom. The molecule has 0 bridgehead atoms. The van der Waals surface area contributed by atoms with Gasteiger partial charge in [-0.25, -0.2) is 4.98 Å². The first-order chi connectivity index (χ1) is 12.0. The minimum absolute atomic E-state index is 0.120. The molecule has 0 aliphatic rings. The van der Waals surface area contributed by atoms with Crippen LogP contribution in [0.25, 0.3) is 0 Å². The molecule has 0 spiro atoms. The van der Waals surface area contributed by atoms with E-state index in [1.165, 1.54) is 11.1 Å². The fourth-order valence-electron chi connectivity index (χ4n) is 2.40. The fourth-order valence-corrected chi connectivity index (χ4v) is 2.40. The number of anilines is 2. The molecule has 7 nitrogen and oxygen atoms in total. The predicted molar refractivity (Wildman–Crippen MR) is 101 cm³/mol. The average molecular weight is 343 g/mol. The number of H-pyrrole nitrogens is 1. The van der Waals surface area contributed by atoms with Gasteiger partial charge in [0.05, 0.1) is 0 Å². The van der Waals surface area contributed by atoms with E-state index in [4.69, 9.17) is 10.5 Å². The first-order valence-electron chi connectivity index (χ1n) is 8.34. The maximum absolute atomic E-state index is 12.2. The van der Waals surface area contributed by atoms with Crippen LogP contribution >= 0.6 is 0 Å². The van der Waals surface area contributed by atoms with Crippen molar-refractivity contribution in [2.45, 2.75) is 33.2 Å². The number of unbranched alkanes of at least 4 members (excludes halogenated alkanes) is 1. The Balaban J connectivity index is 2.08. The largest absolute Gasteiger partial charge is 0.396 e. The molecule has 134 valence electrons. The number of aromatic nitrogens is 2. The van der Waals surface area contributed by atoms with Gasteiger partial charge in [0, 0.05) is 25.9 Å². The van der Waals surface area contributed by atoms with Crippen molar-refractivity contribution in [2.24, 2.45) is 0 Å². The summed E-state index contributed by atoms with van der Waals surface area (Å²) >= 11 is 0. The molecule has 1 heterocycles. The van der Waals surface area contributed by atoms with Gasteiger partial charge >= 0.3 is 0 Å². The lowest BCUT2D eigenvalue weighted by Gasteiger charge is -2.11. The summed E-state index contributed by atoms with van der Waals surface area (Å²) in [6, 6.07) is 6.18. The molecule has 0 radical (unpaired) electrons. The van der Waals surface area contributed by atoms with Gasteiger partial charge in [-0.15, -0.1) is 0 Å². The molecule has 25 heavy (non-hydrogen) atoms. The van der Waals surface area contributed by atoms with Crippen molar-refractivity contribution < 1.29 is 5.11 Å². The minimum atomic E-state index is -0.319. The van der Waals surface area contributed by atoms with Crippen molar-refractivity contribution in [1.82, 2.24) is 9.97 Å².